The highest BCUT2D eigenvalue weighted by atomic mass is 35.5. The maximum Gasteiger partial charge on any atom is 0.325 e. The van der Waals surface area contributed by atoms with E-state index in [9.17, 15) is 9.59 Å². The van der Waals surface area contributed by atoms with Crippen LogP contribution in [-0.2, 0) is 10.5 Å². The maximum atomic E-state index is 13.3. The molecular weight excluding hydrogens is 460 g/mol. The number of nitrogens with zero attached hydrogens (tertiary/aromatic N) is 3. The van der Waals surface area contributed by atoms with Gasteiger partial charge in [-0.05, 0) is 47.5 Å². The first-order valence-corrected chi connectivity index (χ1v) is 11.7. The molecule has 4 aromatic rings. The fourth-order valence-corrected chi connectivity index (χ4v) is 5.13. The number of para-hydroxylation sites is 1. The van der Waals surface area contributed by atoms with Crippen molar-refractivity contribution in [2.75, 3.05) is 4.90 Å². The molecule has 0 saturated heterocycles. The van der Waals surface area contributed by atoms with Crippen molar-refractivity contribution in [3.8, 4) is 11.3 Å². The van der Waals surface area contributed by atoms with E-state index in [1.807, 2.05) is 61.5 Å². The number of amides is 1. The van der Waals surface area contributed by atoms with Gasteiger partial charge in [0.05, 0.1) is 11.3 Å². The van der Waals surface area contributed by atoms with Crippen molar-refractivity contribution in [3.63, 3.8) is 0 Å². The predicted molar refractivity (Wildman–Crippen MR) is 126 cm³/mol. The summed E-state index contributed by atoms with van der Waals surface area (Å²) in [5, 5.41) is 5.81. The van der Waals surface area contributed by atoms with Crippen LogP contribution >= 0.6 is 23.4 Å². The molecule has 166 valence electrons. The number of rotatable bonds is 4. The average Bonchev–Trinajstić information content (AvgIpc) is 3.23. The number of benzene rings is 2. The Balaban J connectivity index is 1.67. The van der Waals surface area contributed by atoms with Crippen molar-refractivity contribution in [1.82, 2.24) is 10.1 Å². The van der Waals surface area contributed by atoms with E-state index in [2.05, 4.69) is 4.98 Å². The van der Waals surface area contributed by atoms with Crippen LogP contribution in [0.2, 0.25) is 5.02 Å². The zero-order valence-electron chi connectivity index (χ0n) is 17.9. The molecule has 2 aromatic heterocycles. The average molecular weight is 480 g/mol. The molecule has 5 rings (SSSR count). The third kappa shape index (κ3) is 3.85. The highest BCUT2D eigenvalue weighted by Crippen LogP contribution is 2.37. The van der Waals surface area contributed by atoms with Crippen molar-refractivity contribution in [2.45, 2.75) is 30.9 Å². The number of thioether (sulfide) groups is 1. The van der Waals surface area contributed by atoms with Crippen molar-refractivity contribution >= 4 is 35.0 Å². The molecule has 1 atom stereocenters. The van der Waals surface area contributed by atoms with Gasteiger partial charge >= 0.3 is 17.4 Å². The molecule has 9 heteroatoms. The van der Waals surface area contributed by atoms with Crippen molar-refractivity contribution in [3.05, 3.63) is 93.1 Å². The van der Waals surface area contributed by atoms with Gasteiger partial charge in [0.25, 0.3) is 0 Å². The number of H-pyrrole nitrogens is 1. The monoisotopic (exact) mass is 479 g/mol. The van der Waals surface area contributed by atoms with E-state index in [0.29, 0.717) is 44.4 Å². The van der Waals surface area contributed by atoms with Gasteiger partial charge < -0.3 is 4.42 Å². The van der Waals surface area contributed by atoms with Crippen LogP contribution in [0.15, 0.2) is 75.0 Å². The Morgan fingerprint density at radius 3 is 2.67 bits per heavy atom. The fraction of sp³-hybridized carbons (Fsp3) is 0.167. The third-order valence-corrected chi connectivity index (χ3v) is 6.72. The second-order valence-electron chi connectivity index (χ2n) is 7.66. The Kier molecular flexibility index (Phi) is 5.55. The number of carbonyl (C=O) groups excluding carboxylic acids is 1. The number of anilines is 1. The third-order valence-electron chi connectivity index (χ3n) is 5.44. The van der Waals surface area contributed by atoms with E-state index >= 15 is 0 Å². The molecule has 3 heterocycles. The Morgan fingerprint density at radius 2 is 1.94 bits per heavy atom. The Morgan fingerprint density at radius 1 is 1.18 bits per heavy atom. The van der Waals surface area contributed by atoms with Gasteiger partial charge in [0, 0.05) is 22.8 Å². The van der Waals surface area contributed by atoms with Crippen molar-refractivity contribution in [2.24, 2.45) is 0 Å². The molecular formula is C24H20ClN4O3S+. The second kappa shape index (κ2) is 8.53. The van der Waals surface area contributed by atoms with E-state index in [-0.39, 0.29) is 11.5 Å². The standard InChI is InChI=1S/C24H19ClN4O3S/c1-14-11-12-20(32-14)23-28(15(2)30)19-10-6-4-8-17(19)21-22(31)26-24(27-29(21)23)33-13-16-7-3-5-9-18(16)25/h3-12,23H,13H2,1-2H3/p+1/t23-/m0/s1. The summed E-state index contributed by atoms with van der Waals surface area (Å²) < 4.78 is 7.49. The molecule has 0 fully saturated rings. The highest BCUT2D eigenvalue weighted by molar-refractivity contribution is 7.98. The van der Waals surface area contributed by atoms with Crippen LogP contribution in [0, 0.1) is 6.92 Å². The number of fused-ring (bicyclic) bond motifs is 3. The number of hydrogen-bond acceptors (Lipinski definition) is 5. The molecule has 1 aliphatic rings. The summed E-state index contributed by atoms with van der Waals surface area (Å²) in [6.07, 6.45) is -0.733. The summed E-state index contributed by atoms with van der Waals surface area (Å²) >= 11 is 7.65. The molecule has 1 aliphatic heterocycles. The minimum absolute atomic E-state index is 0.188. The fourth-order valence-electron chi connectivity index (χ4n) is 3.99. The molecule has 0 unspecified atom stereocenters. The Bertz CT molecular complexity index is 1430. The van der Waals surface area contributed by atoms with E-state index in [0.717, 1.165) is 5.56 Å². The van der Waals surface area contributed by atoms with E-state index in [4.69, 9.17) is 21.1 Å². The topological polar surface area (TPSA) is 83.1 Å². The molecule has 0 spiro atoms. The number of hydrogen-bond donors (Lipinski definition) is 1. The Labute approximate surface area is 199 Å². The second-order valence-corrected chi connectivity index (χ2v) is 9.03. The molecule has 2 aromatic carbocycles. The van der Waals surface area contributed by atoms with Gasteiger partial charge in [0.1, 0.15) is 5.76 Å². The minimum Gasteiger partial charge on any atom is -0.457 e. The predicted octanol–water partition coefficient (Wildman–Crippen LogP) is 4.48. The number of halogens is 1. The summed E-state index contributed by atoms with van der Waals surface area (Å²) in [6.45, 7) is 3.32. The van der Waals surface area contributed by atoms with E-state index in [1.165, 1.54) is 18.7 Å². The lowest BCUT2D eigenvalue weighted by Crippen LogP contribution is -2.60. The lowest BCUT2D eigenvalue weighted by Gasteiger charge is -2.30. The zero-order valence-corrected chi connectivity index (χ0v) is 19.5. The highest BCUT2D eigenvalue weighted by Gasteiger charge is 2.46. The largest absolute Gasteiger partial charge is 0.457 e. The number of aryl methyl sites for hydroxylation is 1. The lowest BCUT2D eigenvalue weighted by molar-refractivity contribution is -0.764. The quantitative estimate of drug-likeness (QED) is 0.344. The van der Waals surface area contributed by atoms with Gasteiger partial charge in [-0.1, -0.05) is 53.7 Å². The summed E-state index contributed by atoms with van der Waals surface area (Å²) in [4.78, 5) is 30.6. The maximum absolute atomic E-state index is 13.3. The van der Waals surface area contributed by atoms with Gasteiger partial charge in [0.2, 0.25) is 11.1 Å². The molecule has 7 nitrogen and oxygen atoms in total. The number of aromatic amines is 1. The zero-order chi connectivity index (χ0) is 23.1. The van der Waals surface area contributed by atoms with E-state index < -0.39 is 6.17 Å². The first-order valence-electron chi connectivity index (χ1n) is 10.3. The summed E-state index contributed by atoms with van der Waals surface area (Å²) in [5.41, 5.74) is 2.26. The van der Waals surface area contributed by atoms with Crippen molar-refractivity contribution in [1.29, 1.82) is 0 Å². The first-order chi connectivity index (χ1) is 15.9. The SMILES string of the molecule is CC(=O)N1c2ccccc2-c2c(=O)[nH]c(SCc3ccccc3Cl)n[n+]2[C@H]1c1ccc(C)o1. The number of furan rings is 1. The molecule has 1 N–H and O–H groups in total. The first kappa shape index (κ1) is 21.5. The summed E-state index contributed by atoms with van der Waals surface area (Å²) in [6, 6.07) is 18.5. The van der Waals surface area contributed by atoms with Gasteiger partial charge in [-0.3, -0.25) is 14.6 Å². The smallest absolute Gasteiger partial charge is 0.325 e. The number of carbonyl (C=O) groups is 1. The van der Waals surface area contributed by atoms with Crippen LogP contribution < -0.4 is 15.1 Å². The minimum atomic E-state index is -0.733. The van der Waals surface area contributed by atoms with Crippen LogP contribution in [0.25, 0.3) is 11.3 Å². The van der Waals surface area contributed by atoms with Crippen molar-refractivity contribution < 1.29 is 13.9 Å². The van der Waals surface area contributed by atoms with Gasteiger partial charge in [-0.25, -0.2) is 4.90 Å². The molecule has 33 heavy (non-hydrogen) atoms. The van der Waals surface area contributed by atoms with Gasteiger partial charge in [-0.15, -0.1) is 0 Å². The van der Waals surface area contributed by atoms with Crippen LogP contribution in [-0.4, -0.2) is 16.0 Å². The van der Waals surface area contributed by atoms with Crippen LogP contribution in [0.3, 0.4) is 0 Å². The normalized spacial score (nSPS) is 14.6. The summed E-state index contributed by atoms with van der Waals surface area (Å²) in [5.74, 6) is 1.56. The van der Waals surface area contributed by atoms with Crippen LogP contribution in [0.5, 0.6) is 0 Å². The van der Waals surface area contributed by atoms with Crippen LogP contribution in [0.4, 0.5) is 5.69 Å². The van der Waals surface area contributed by atoms with Gasteiger partial charge in [-0.2, -0.15) is 0 Å². The lowest BCUT2D eigenvalue weighted by atomic mass is 10.0. The van der Waals surface area contributed by atoms with Gasteiger partial charge in [0.15, 0.2) is 5.76 Å². The molecule has 0 saturated carbocycles. The molecule has 0 bridgehead atoms. The molecule has 1 amide bonds. The number of nitrogens with one attached hydrogen (secondary N) is 1. The van der Waals surface area contributed by atoms with E-state index in [1.54, 1.807) is 15.6 Å². The molecule has 0 radical (unpaired) electrons. The Hall–Kier alpha value is -3.36. The summed E-state index contributed by atoms with van der Waals surface area (Å²) in [7, 11) is 0. The van der Waals surface area contributed by atoms with Crippen LogP contribution in [0.1, 0.15) is 30.2 Å². The molecule has 0 aliphatic carbocycles. The number of aromatic nitrogens is 3.